The van der Waals surface area contributed by atoms with Crippen molar-refractivity contribution in [2.75, 3.05) is 7.11 Å². The van der Waals surface area contributed by atoms with Crippen LogP contribution in [0.2, 0.25) is 0 Å². The maximum absolute atomic E-state index is 13.4. The maximum Gasteiger partial charge on any atom is 0.337 e. The van der Waals surface area contributed by atoms with Crippen molar-refractivity contribution in [3.8, 4) is 0 Å². The number of esters is 1. The normalized spacial score (nSPS) is 21.3. The summed E-state index contributed by atoms with van der Waals surface area (Å²) >= 11 is 1.59. The van der Waals surface area contributed by atoms with Crippen LogP contribution in [0, 0.1) is 0 Å². The van der Waals surface area contributed by atoms with E-state index in [1.165, 1.54) is 7.11 Å². The summed E-state index contributed by atoms with van der Waals surface area (Å²) in [5.74, 6) is -0.403. The van der Waals surface area contributed by atoms with Gasteiger partial charge in [0, 0.05) is 17.1 Å². The van der Waals surface area contributed by atoms with E-state index in [1.807, 2.05) is 59.1 Å². The Kier molecular flexibility index (Phi) is 3.89. The van der Waals surface area contributed by atoms with E-state index < -0.39 is 11.5 Å². The van der Waals surface area contributed by atoms with Crippen LogP contribution >= 0.6 is 11.3 Å². The number of Topliss-reactive ketones (excluding diaryl/α,β-unsaturated/α-hetero) is 1. The smallest absolute Gasteiger partial charge is 0.337 e. The second-order valence-electron chi connectivity index (χ2n) is 6.36. The molecule has 0 fully saturated rings. The van der Waals surface area contributed by atoms with Crippen molar-refractivity contribution >= 4 is 34.4 Å². The molecule has 5 heteroatoms. The zero-order valence-electron chi connectivity index (χ0n) is 14.4. The minimum absolute atomic E-state index is 0.0151. The molecule has 1 atom stereocenters. The van der Waals surface area contributed by atoms with Crippen LogP contribution in [0.25, 0.3) is 11.3 Å². The fourth-order valence-electron chi connectivity index (χ4n) is 3.46. The molecule has 0 saturated heterocycles. The van der Waals surface area contributed by atoms with Crippen molar-refractivity contribution in [2.24, 2.45) is 0 Å². The first-order valence-electron chi connectivity index (χ1n) is 8.22. The molecule has 2 aliphatic rings. The molecule has 0 radical (unpaired) electrons. The Balaban J connectivity index is 1.95. The van der Waals surface area contributed by atoms with E-state index in [0.717, 1.165) is 16.8 Å². The SMILES string of the molecule is COC(=O)c1cccc(C2=C(c3ccsc3)N3C=CC=CC3(C)C2=O)c1. The van der Waals surface area contributed by atoms with Gasteiger partial charge in [-0.25, -0.2) is 4.79 Å². The summed E-state index contributed by atoms with van der Waals surface area (Å²) in [6.07, 6.45) is 7.67. The molecule has 3 heterocycles. The standard InChI is InChI=1S/C21H17NO3S/c1-21-9-3-4-10-22(21)18(16-8-11-26-13-16)17(19(21)23)14-6-5-7-15(12-14)20(24)25-2/h3-13H,1-2H3. The third-order valence-corrected chi connectivity index (χ3v) is 5.48. The molecule has 1 unspecified atom stereocenters. The van der Waals surface area contributed by atoms with Crippen LogP contribution in [0.1, 0.15) is 28.4 Å². The molecule has 1 aromatic carbocycles. The van der Waals surface area contributed by atoms with Crippen molar-refractivity contribution in [1.82, 2.24) is 4.90 Å². The summed E-state index contributed by atoms with van der Waals surface area (Å²) in [4.78, 5) is 27.4. The summed E-state index contributed by atoms with van der Waals surface area (Å²) in [5, 5.41) is 4.03. The number of ether oxygens (including phenoxy) is 1. The molecule has 2 aromatic rings. The molecule has 1 aromatic heterocycles. The molecule has 0 aliphatic carbocycles. The lowest BCUT2D eigenvalue weighted by Gasteiger charge is -2.34. The van der Waals surface area contributed by atoms with Gasteiger partial charge in [-0.15, -0.1) is 0 Å². The Bertz CT molecular complexity index is 984. The van der Waals surface area contributed by atoms with Gasteiger partial charge in [-0.05, 0) is 42.1 Å². The number of rotatable bonds is 3. The third kappa shape index (κ3) is 2.35. The molecule has 2 aliphatic heterocycles. The number of nitrogens with zero attached hydrogens (tertiary/aromatic N) is 1. The molecule has 0 saturated carbocycles. The summed E-state index contributed by atoms with van der Waals surface area (Å²) in [6.45, 7) is 1.92. The van der Waals surface area contributed by atoms with Gasteiger partial charge in [0.1, 0.15) is 5.54 Å². The minimum Gasteiger partial charge on any atom is -0.465 e. The van der Waals surface area contributed by atoms with E-state index in [9.17, 15) is 9.59 Å². The van der Waals surface area contributed by atoms with Gasteiger partial charge >= 0.3 is 5.97 Å². The topological polar surface area (TPSA) is 46.6 Å². The number of methoxy groups -OCH3 is 1. The van der Waals surface area contributed by atoms with E-state index >= 15 is 0 Å². The fraction of sp³-hybridized carbons (Fsp3) is 0.143. The van der Waals surface area contributed by atoms with Crippen LogP contribution in [-0.2, 0) is 9.53 Å². The number of benzene rings is 1. The van der Waals surface area contributed by atoms with E-state index in [2.05, 4.69) is 0 Å². The van der Waals surface area contributed by atoms with Gasteiger partial charge in [-0.3, -0.25) is 4.79 Å². The van der Waals surface area contributed by atoms with Crippen LogP contribution in [0.3, 0.4) is 0 Å². The predicted molar refractivity (Wildman–Crippen MR) is 102 cm³/mol. The van der Waals surface area contributed by atoms with Gasteiger partial charge in [0.15, 0.2) is 5.78 Å². The Morgan fingerprint density at radius 2 is 2.04 bits per heavy atom. The number of hydrogen-bond donors (Lipinski definition) is 0. The van der Waals surface area contributed by atoms with E-state index in [1.54, 1.807) is 29.5 Å². The van der Waals surface area contributed by atoms with Gasteiger partial charge in [0.05, 0.1) is 23.9 Å². The fourth-order valence-corrected chi connectivity index (χ4v) is 4.10. The molecule has 26 heavy (non-hydrogen) atoms. The van der Waals surface area contributed by atoms with Gasteiger partial charge in [0.25, 0.3) is 0 Å². The van der Waals surface area contributed by atoms with Crippen molar-refractivity contribution in [1.29, 1.82) is 0 Å². The zero-order chi connectivity index (χ0) is 18.3. The van der Waals surface area contributed by atoms with Crippen LogP contribution in [-0.4, -0.2) is 29.3 Å². The second-order valence-corrected chi connectivity index (χ2v) is 7.14. The summed E-state index contributed by atoms with van der Waals surface area (Å²) in [5.41, 5.74) is 2.86. The highest BCUT2D eigenvalue weighted by Gasteiger charge is 2.48. The first kappa shape index (κ1) is 16.5. The largest absolute Gasteiger partial charge is 0.465 e. The van der Waals surface area contributed by atoms with Crippen LogP contribution in [0.5, 0.6) is 0 Å². The molecule has 130 valence electrons. The molecule has 4 rings (SSSR count). The number of carbonyl (C=O) groups excluding carboxylic acids is 2. The Morgan fingerprint density at radius 1 is 1.19 bits per heavy atom. The monoisotopic (exact) mass is 363 g/mol. The van der Waals surface area contributed by atoms with Crippen LogP contribution in [0.4, 0.5) is 0 Å². The number of carbonyl (C=O) groups is 2. The minimum atomic E-state index is -0.761. The lowest BCUT2D eigenvalue weighted by atomic mass is 9.89. The average molecular weight is 363 g/mol. The van der Waals surface area contributed by atoms with Crippen molar-refractivity contribution < 1.29 is 14.3 Å². The van der Waals surface area contributed by atoms with Crippen LogP contribution in [0.15, 0.2) is 65.5 Å². The molecule has 0 spiro atoms. The Morgan fingerprint density at radius 3 is 2.77 bits per heavy atom. The maximum atomic E-state index is 13.4. The third-order valence-electron chi connectivity index (χ3n) is 4.80. The van der Waals surface area contributed by atoms with E-state index in [4.69, 9.17) is 4.74 Å². The number of allylic oxidation sites excluding steroid dienone is 2. The highest BCUT2D eigenvalue weighted by molar-refractivity contribution is 7.08. The summed E-state index contributed by atoms with van der Waals surface area (Å²) in [7, 11) is 1.35. The highest BCUT2D eigenvalue weighted by Crippen LogP contribution is 2.46. The van der Waals surface area contributed by atoms with Crippen LogP contribution < -0.4 is 0 Å². The highest BCUT2D eigenvalue weighted by atomic mass is 32.1. The first-order chi connectivity index (χ1) is 12.6. The second kappa shape index (κ2) is 6.11. The van der Waals surface area contributed by atoms with Crippen molar-refractivity contribution in [3.05, 3.63) is 82.2 Å². The number of hydrogen-bond acceptors (Lipinski definition) is 5. The molecule has 4 nitrogen and oxygen atoms in total. The lowest BCUT2D eigenvalue weighted by molar-refractivity contribution is -0.118. The van der Waals surface area contributed by atoms with Gasteiger partial charge in [-0.1, -0.05) is 24.3 Å². The number of thiophene rings is 1. The molecule has 0 amide bonds. The quantitative estimate of drug-likeness (QED) is 0.770. The zero-order valence-corrected chi connectivity index (χ0v) is 15.2. The predicted octanol–water partition coefficient (Wildman–Crippen LogP) is 4.13. The number of fused-ring (bicyclic) bond motifs is 1. The molecular weight excluding hydrogens is 346 g/mol. The molecular formula is C21H17NO3S. The summed E-state index contributed by atoms with van der Waals surface area (Å²) in [6, 6.07) is 9.06. The average Bonchev–Trinajstić information content (AvgIpc) is 3.26. The Labute approximate surface area is 155 Å². The van der Waals surface area contributed by atoms with Gasteiger partial charge < -0.3 is 9.64 Å². The molecule has 0 N–H and O–H groups in total. The summed E-state index contributed by atoms with van der Waals surface area (Å²) < 4.78 is 4.82. The first-order valence-corrected chi connectivity index (χ1v) is 9.16. The molecule has 0 bridgehead atoms. The Hall–Kier alpha value is -2.92. The number of ketones is 1. The van der Waals surface area contributed by atoms with E-state index in [0.29, 0.717) is 11.1 Å². The van der Waals surface area contributed by atoms with Crippen molar-refractivity contribution in [2.45, 2.75) is 12.5 Å². The van der Waals surface area contributed by atoms with Crippen molar-refractivity contribution in [3.63, 3.8) is 0 Å². The van der Waals surface area contributed by atoms with Gasteiger partial charge in [0.2, 0.25) is 0 Å². The lowest BCUT2D eigenvalue weighted by Crippen LogP contribution is -2.43. The van der Waals surface area contributed by atoms with E-state index in [-0.39, 0.29) is 5.78 Å². The van der Waals surface area contributed by atoms with Gasteiger partial charge in [-0.2, -0.15) is 11.3 Å².